The van der Waals surface area contributed by atoms with Crippen molar-refractivity contribution < 1.29 is 14.8 Å². The highest BCUT2D eigenvalue weighted by molar-refractivity contribution is 6.43. The number of carbonyl (C=O) groups is 1. The zero-order valence-corrected chi connectivity index (χ0v) is 10.1. The lowest BCUT2D eigenvalue weighted by Gasteiger charge is -2.33. The zero-order chi connectivity index (χ0) is 12.4. The van der Waals surface area contributed by atoms with Crippen LogP contribution < -0.4 is 5.73 Å². The molecular formula is C11H21BN2O3. The van der Waals surface area contributed by atoms with Gasteiger partial charge in [0.25, 0.3) is 0 Å². The van der Waals surface area contributed by atoms with Gasteiger partial charge in [0.2, 0.25) is 5.91 Å². The van der Waals surface area contributed by atoms with Crippen LogP contribution in [-0.4, -0.2) is 46.5 Å². The van der Waals surface area contributed by atoms with E-state index in [0.717, 1.165) is 32.1 Å². The molecule has 0 aromatic carbocycles. The van der Waals surface area contributed by atoms with Gasteiger partial charge in [0.15, 0.2) is 0 Å². The molecule has 6 heteroatoms. The summed E-state index contributed by atoms with van der Waals surface area (Å²) in [5.41, 5.74) is 6.00. The first-order valence-corrected chi connectivity index (χ1v) is 6.53. The Morgan fingerprint density at radius 2 is 1.88 bits per heavy atom. The maximum Gasteiger partial charge on any atom is 0.475 e. The maximum absolute atomic E-state index is 12.3. The highest BCUT2D eigenvalue weighted by atomic mass is 16.4. The third-order valence-corrected chi connectivity index (χ3v) is 4.06. The topological polar surface area (TPSA) is 86.8 Å². The van der Waals surface area contributed by atoms with Gasteiger partial charge in [-0.15, -0.1) is 0 Å². The molecule has 1 amide bonds. The molecule has 5 nitrogen and oxygen atoms in total. The lowest BCUT2D eigenvalue weighted by molar-refractivity contribution is -0.137. The normalized spacial score (nSPS) is 33.8. The molecule has 0 radical (unpaired) electrons. The number of hydrogen-bond donors (Lipinski definition) is 3. The van der Waals surface area contributed by atoms with Crippen molar-refractivity contribution in [3.63, 3.8) is 0 Å². The first kappa shape index (κ1) is 12.9. The summed E-state index contributed by atoms with van der Waals surface area (Å²) >= 11 is 0. The van der Waals surface area contributed by atoms with Crippen LogP contribution in [0.3, 0.4) is 0 Å². The molecule has 0 aromatic heterocycles. The molecule has 0 spiro atoms. The fourth-order valence-electron chi connectivity index (χ4n) is 3.06. The minimum Gasteiger partial charge on any atom is -0.426 e. The second kappa shape index (κ2) is 5.37. The van der Waals surface area contributed by atoms with Crippen molar-refractivity contribution in [2.24, 2.45) is 11.7 Å². The van der Waals surface area contributed by atoms with E-state index in [4.69, 9.17) is 5.73 Å². The Bertz CT molecular complexity index is 288. The van der Waals surface area contributed by atoms with Gasteiger partial charge in [0.1, 0.15) is 0 Å². The van der Waals surface area contributed by atoms with Crippen LogP contribution in [0.4, 0.5) is 0 Å². The van der Waals surface area contributed by atoms with E-state index in [2.05, 4.69) is 0 Å². The van der Waals surface area contributed by atoms with Crippen LogP contribution in [-0.2, 0) is 4.79 Å². The lowest BCUT2D eigenvalue weighted by Crippen LogP contribution is -2.51. The van der Waals surface area contributed by atoms with Crippen molar-refractivity contribution in [1.29, 1.82) is 0 Å². The van der Waals surface area contributed by atoms with Gasteiger partial charge in [-0.05, 0) is 25.7 Å². The average Bonchev–Trinajstić information content (AvgIpc) is 2.77. The van der Waals surface area contributed by atoms with Crippen molar-refractivity contribution in [3.05, 3.63) is 0 Å². The maximum atomic E-state index is 12.3. The molecule has 1 saturated heterocycles. The third-order valence-electron chi connectivity index (χ3n) is 4.06. The van der Waals surface area contributed by atoms with Crippen molar-refractivity contribution in [1.82, 2.24) is 4.90 Å². The van der Waals surface area contributed by atoms with Crippen LogP contribution in [0.2, 0.25) is 0 Å². The Balaban J connectivity index is 2.03. The van der Waals surface area contributed by atoms with Crippen molar-refractivity contribution >= 4 is 13.0 Å². The molecule has 0 aromatic rings. The van der Waals surface area contributed by atoms with E-state index in [1.54, 1.807) is 4.90 Å². The molecule has 1 aliphatic carbocycles. The summed E-state index contributed by atoms with van der Waals surface area (Å²) in [4.78, 5) is 14.0. The van der Waals surface area contributed by atoms with Crippen LogP contribution in [0.5, 0.6) is 0 Å². The van der Waals surface area contributed by atoms with Crippen LogP contribution in [0, 0.1) is 5.92 Å². The van der Waals surface area contributed by atoms with E-state index < -0.39 is 13.1 Å². The lowest BCUT2D eigenvalue weighted by atomic mass is 9.76. The molecule has 4 N–H and O–H groups in total. The van der Waals surface area contributed by atoms with Gasteiger partial charge in [0.05, 0.1) is 11.9 Å². The molecule has 2 fully saturated rings. The summed E-state index contributed by atoms with van der Waals surface area (Å²) in [5, 5.41) is 18.5. The van der Waals surface area contributed by atoms with E-state index in [1.165, 1.54) is 0 Å². The molecular weight excluding hydrogens is 219 g/mol. The molecule has 2 aliphatic rings. The van der Waals surface area contributed by atoms with Gasteiger partial charge in [-0.25, -0.2) is 0 Å². The van der Waals surface area contributed by atoms with Gasteiger partial charge in [-0.1, -0.05) is 12.8 Å². The number of nitrogens with two attached hydrogens (primary N) is 1. The van der Waals surface area contributed by atoms with Gasteiger partial charge < -0.3 is 20.7 Å². The van der Waals surface area contributed by atoms with Crippen LogP contribution in [0.1, 0.15) is 38.5 Å². The predicted molar refractivity (Wildman–Crippen MR) is 64.9 cm³/mol. The van der Waals surface area contributed by atoms with Crippen LogP contribution in [0.15, 0.2) is 0 Å². The zero-order valence-electron chi connectivity index (χ0n) is 10.1. The Morgan fingerprint density at radius 1 is 1.18 bits per heavy atom. The molecule has 3 atom stereocenters. The first-order chi connectivity index (χ1) is 8.11. The first-order valence-electron chi connectivity index (χ1n) is 6.53. The summed E-state index contributed by atoms with van der Waals surface area (Å²) in [6.07, 6.45) is 5.39. The Kier molecular flexibility index (Phi) is 4.07. The average molecular weight is 240 g/mol. The minimum absolute atomic E-state index is 0.0211. The van der Waals surface area contributed by atoms with Crippen molar-refractivity contribution in [3.8, 4) is 0 Å². The van der Waals surface area contributed by atoms with Crippen molar-refractivity contribution in [2.75, 3.05) is 6.54 Å². The summed E-state index contributed by atoms with van der Waals surface area (Å²) < 4.78 is 0. The Hall–Kier alpha value is -0.585. The van der Waals surface area contributed by atoms with Crippen LogP contribution in [0.25, 0.3) is 0 Å². The number of likely N-dealkylation sites (tertiary alicyclic amines) is 1. The quantitative estimate of drug-likeness (QED) is 0.568. The second-order valence-electron chi connectivity index (χ2n) is 5.21. The Morgan fingerprint density at radius 3 is 2.53 bits per heavy atom. The molecule has 17 heavy (non-hydrogen) atoms. The molecule has 0 bridgehead atoms. The summed E-state index contributed by atoms with van der Waals surface area (Å²) in [5.74, 6) is -0.535. The highest BCUT2D eigenvalue weighted by Crippen LogP contribution is 2.28. The molecule has 1 unspecified atom stereocenters. The monoisotopic (exact) mass is 240 g/mol. The molecule has 96 valence electrons. The smallest absolute Gasteiger partial charge is 0.426 e. The number of nitrogens with zero attached hydrogens (tertiary/aromatic N) is 1. The highest BCUT2D eigenvalue weighted by Gasteiger charge is 2.40. The van der Waals surface area contributed by atoms with E-state index in [-0.39, 0.29) is 17.9 Å². The summed E-state index contributed by atoms with van der Waals surface area (Å²) in [7, 11) is -1.43. The van der Waals surface area contributed by atoms with E-state index >= 15 is 0 Å². The number of hydrogen-bond acceptors (Lipinski definition) is 4. The third kappa shape index (κ3) is 2.64. The largest absolute Gasteiger partial charge is 0.475 e. The molecule has 1 aliphatic heterocycles. The molecule has 1 saturated carbocycles. The number of amides is 1. The SMILES string of the molecule is N[C@@H]1CCCC[C@H]1C(=O)N1CCCC1B(O)O. The van der Waals surface area contributed by atoms with E-state index in [9.17, 15) is 14.8 Å². The van der Waals surface area contributed by atoms with E-state index in [0.29, 0.717) is 13.0 Å². The van der Waals surface area contributed by atoms with Gasteiger partial charge in [-0.2, -0.15) is 0 Å². The van der Waals surface area contributed by atoms with Gasteiger partial charge in [0, 0.05) is 12.6 Å². The minimum atomic E-state index is -1.43. The summed E-state index contributed by atoms with van der Waals surface area (Å²) in [6.45, 7) is 0.629. The number of carbonyl (C=O) groups excluding carboxylic acids is 1. The second-order valence-corrected chi connectivity index (χ2v) is 5.21. The number of rotatable bonds is 2. The molecule has 2 rings (SSSR count). The van der Waals surface area contributed by atoms with Crippen molar-refractivity contribution in [2.45, 2.75) is 50.5 Å². The summed E-state index contributed by atoms with van der Waals surface area (Å²) in [6, 6.07) is -0.0617. The van der Waals surface area contributed by atoms with E-state index in [1.807, 2.05) is 0 Å². The fraction of sp³-hybridized carbons (Fsp3) is 0.909. The standard InChI is InChI=1S/C11H21BN2O3/c13-9-5-2-1-4-8(9)11(15)14-7-3-6-10(14)12(16)17/h8-10,16-17H,1-7,13H2/t8-,9-,10?/m1/s1. The Labute approximate surface area is 102 Å². The molecule has 1 heterocycles. The predicted octanol–water partition coefficient (Wildman–Crippen LogP) is -0.493. The van der Waals surface area contributed by atoms with Gasteiger partial charge in [-0.3, -0.25) is 4.79 Å². The van der Waals surface area contributed by atoms with Crippen LogP contribution >= 0.6 is 0 Å². The fourth-order valence-corrected chi connectivity index (χ4v) is 3.06. The van der Waals surface area contributed by atoms with Gasteiger partial charge >= 0.3 is 7.12 Å².